The van der Waals surface area contributed by atoms with Crippen molar-refractivity contribution in [3.63, 3.8) is 0 Å². The number of hydrogen-bond donors (Lipinski definition) is 0. The molecular formula is C6H7Cl2NO2. The maximum atomic E-state index is 10.8. The number of imide groups is 1. The lowest BCUT2D eigenvalue weighted by Crippen LogP contribution is -2.34. The quantitative estimate of drug-likeness (QED) is 0.297. The van der Waals surface area contributed by atoms with Crippen molar-refractivity contribution in [1.82, 2.24) is 4.90 Å². The van der Waals surface area contributed by atoms with Gasteiger partial charge in [-0.15, -0.1) is 18.2 Å². The minimum Gasteiger partial charge on any atom is -0.273 e. The molecule has 0 unspecified atom stereocenters. The van der Waals surface area contributed by atoms with Crippen LogP contribution in [0.25, 0.3) is 0 Å². The van der Waals surface area contributed by atoms with E-state index in [-0.39, 0.29) is 12.4 Å². The SMILES string of the molecule is C=CCN(C(=O)Cl)C(=O)CCl. The van der Waals surface area contributed by atoms with Gasteiger partial charge in [0.1, 0.15) is 5.88 Å². The highest BCUT2D eigenvalue weighted by Crippen LogP contribution is 1.98. The molecule has 3 nitrogen and oxygen atoms in total. The Morgan fingerprint density at radius 2 is 2.09 bits per heavy atom. The predicted molar refractivity (Wildman–Crippen MR) is 43.9 cm³/mol. The molecule has 11 heavy (non-hydrogen) atoms. The molecule has 0 saturated carbocycles. The van der Waals surface area contributed by atoms with E-state index in [9.17, 15) is 9.59 Å². The normalized spacial score (nSPS) is 8.91. The summed E-state index contributed by atoms with van der Waals surface area (Å²) in [5.74, 6) is -0.779. The summed E-state index contributed by atoms with van der Waals surface area (Å²) >= 11 is 10.2. The summed E-state index contributed by atoms with van der Waals surface area (Å²) in [6, 6.07) is 0. The van der Waals surface area contributed by atoms with Gasteiger partial charge in [-0.05, 0) is 11.6 Å². The Labute approximate surface area is 74.6 Å². The van der Waals surface area contributed by atoms with Gasteiger partial charge in [-0.2, -0.15) is 0 Å². The molecule has 62 valence electrons. The van der Waals surface area contributed by atoms with Crippen molar-refractivity contribution in [2.75, 3.05) is 12.4 Å². The fourth-order valence-corrected chi connectivity index (χ4v) is 0.780. The summed E-state index contributed by atoms with van der Waals surface area (Å²) < 4.78 is 0. The van der Waals surface area contributed by atoms with Crippen LogP contribution in [0.5, 0.6) is 0 Å². The number of carbonyl (C=O) groups is 2. The molecule has 0 spiro atoms. The first-order valence-electron chi connectivity index (χ1n) is 2.80. The molecule has 0 aliphatic carbocycles. The lowest BCUT2D eigenvalue weighted by molar-refractivity contribution is -0.124. The molecule has 2 amide bonds. The number of carbonyl (C=O) groups excluding carboxylic acids is 2. The van der Waals surface area contributed by atoms with Gasteiger partial charge in [-0.25, -0.2) is 0 Å². The predicted octanol–water partition coefficient (Wildman–Crippen LogP) is 1.60. The van der Waals surface area contributed by atoms with Gasteiger partial charge in [0.05, 0.1) is 0 Å². The molecule has 0 heterocycles. The first-order chi connectivity index (χ1) is 5.13. The monoisotopic (exact) mass is 195 g/mol. The molecule has 0 aliphatic heterocycles. The van der Waals surface area contributed by atoms with Crippen LogP contribution in [0.15, 0.2) is 12.7 Å². The van der Waals surface area contributed by atoms with Crippen molar-refractivity contribution in [3.8, 4) is 0 Å². The summed E-state index contributed by atoms with van der Waals surface area (Å²) in [6.07, 6.45) is 1.39. The lowest BCUT2D eigenvalue weighted by atomic mass is 10.5. The number of halogens is 2. The Morgan fingerprint density at radius 1 is 1.55 bits per heavy atom. The standard InChI is InChI=1S/C6H7Cl2NO2/c1-2-3-9(6(8)11)5(10)4-7/h2H,1,3-4H2. The number of nitrogens with zero attached hydrogens (tertiary/aromatic N) is 1. The van der Waals surface area contributed by atoms with Gasteiger partial charge in [0, 0.05) is 6.54 Å². The molecule has 0 saturated heterocycles. The Bertz CT molecular complexity index is 181. The molecule has 0 aromatic carbocycles. The van der Waals surface area contributed by atoms with E-state index in [1.807, 2.05) is 0 Å². The smallest absolute Gasteiger partial charge is 0.273 e. The summed E-state index contributed by atoms with van der Waals surface area (Å²) in [5.41, 5.74) is 0. The Morgan fingerprint density at radius 3 is 2.36 bits per heavy atom. The fourth-order valence-electron chi connectivity index (χ4n) is 0.473. The maximum absolute atomic E-state index is 10.8. The minimum absolute atomic E-state index is 0.0912. The number of amides is 2. The maximum Gasteiger partial charge on any atom is 0.323 e. The van der Waals surface area contributed by atoms with Crippen LogP contribution in [-0.2, 0) is 4.79 Å². The highest BCUT2D eigenvalue weighted by molar-refractivity contribution is 6.64. The number of hydrogen-bond acceptors (Lipinski definition) is 2. The number of rotatable bonds is 3. The Hall–Kier alpha value is -0.540. The van der Waals surface area contributed by atoms with Crippen LogP contribution in [0.3, 0.4) is 0 Å². The summed E-state index contributed by atoms with van der Waals surface area (Å²) in [7, 11) is 0. The van der Waals surface area contributed by atoms with Crippen molar-refractivity contribution in [3.05, 3.63) is 12.7 Å². The second-order valence-corrected chi connectivity index (χ2v) is 2.27. The molecule has 0 fully saturated rings. The summed E-state index contributed by atoms with van der Waals surface area (Å²) in [4.78, 5) is 22.1. The van der Waals surface area contributed by atoms with E-state index in [0.717, 1.165) is 4.90 Å². The van der Waals surface area contributed by atoms with E-state index < -0.39 is 11.3 Å². The van der Waals surface area contributed by atoms with Crippen molar-refractivity contribution < 1.29 is 9.59 Å². The van der Waals surface area contributed by atoms with E-state index in [1.54, 1.807) is 0 Å². The van der Waals surface area contributed by atoms with Gasteiger partial charge in [0.25, 0.3) is 0 Å². The number of alkyl halides is 1. The van der Waals surface area contributed by atoms with Crippen molar-refractivity contribution in [1.29, 1.82) is 0 Å². The van der Waals surface area contributed by atoms with E-state index in [4.69, 9.17) is 23.2 Å². The second-order valence-electron chi connectivity index (χ2n) is 1.68. The first-order valence-corrected chi connectivity index (χ1v) is 3.71. The summed E-state index contributed by atoms with van der Waals surface area (Å²) in [5, 5.41) is -0.837. The molecular weight excluding hydrogens is 189 g/mol. The highest BCUT2D eigenvalue weighted by atomic mass is 35.5. The van der Waals surface area contributed by atoms with Gasteiger partial charge in [0.2, 0.25) is 5.91 Å². The van der Waals surface area contributed by atoms with E-state index in [2.05, 4.69) is 6.58 Å². The third kappa shape index (κ3) is 3.39. The fraction of sp³-hybridized carbons (Fsp3) is 0.333. The first kappa shape index (κ1) is 10.5. The van der Waals surface area contributed by atoms with Gasteiger partial charge < -0.3 is 0 Å². The summed E-state index contributed by atoms with van der Waals surface area (Å²) in [6.45, 7) is 3.44. The van der Waals surface area contributed by atoms with E-state index >= 15 is 0 Å². The van der Waals surface area contributed by atoms with Crippen LogP contribution in [0.4, 0.5) is 4.79 Å². The van der Waals surface area contributed by atoms with Crippen LogP contribution in [-0.4, -0.2) is 28.6 Å². The van der Waals surface area contributed by atoms with Crippen LogP contribution >= 0.6 is 23.2 Å². The van der Waals surface area contributed by atoms with Crippen LogP contribution < -0.4 is 0 Å². The van der Waals surface area contributed by atoms with Crippen molar-refractivity contribution in [2.45, 2.75) is 0 Å². The molecule has 0 aliphatic rings. The molecule has 0 atom stereocenters. The average molecular weight is 196 g/mol. The van der Waals surface area contributed by atoms with Crippen LogP contribution in [0.2, 0.25) is 0 Å². The molecule has 0 bridgehead atoms. The zero-order valence-corrected chi connectivity index (χ0v) is 7.23. The van der Waals surface area contributed by atoms with Gasteiger partial charge in [-0.1, -0.05) is 6.08 Å². The largest absolute Gasteiger partial charge is 0.323 e. The molecule has 5 heteroatoms. The Kier molecular flexibility index (Phi) is 4.90. The van der Waals surface area contributed by atoms with Gasteiger partial charge >= 0.3 is 5.37 Å². The van der Waals surface area contributed by atoms with Crippen molar-refractivity contribution >= 4 is 34.5 Å². The van der Waals surface area contributed by atoms with Crippen molar-refractivity contribution in [2.24, 2.45) is 0 Å². The van der Waals surface area contributed by atoms with Gasteiger partial charge in [-0.3, -0.25) is 14.5 Å². The minimum atomic E-state index is -0.837. The highest BCUT2D eigenvalue weighted by Gasteiger charge is 2.16. The Balaban J connectivity index is 4.20. The van der Waals surface area contributed by atoms with E-state index in [0.29, 0.717) is 0 Å². The third-order valence-electron chi connectivity index (χ3n) is 0.939. The second kappa shape index (κ2) is 5.16. The molecule has 0 N–H and O–H groups in total. The van der Waals surface area contributed by atoms with Crippen LogP contribution in [0.1, 0.15) is 0 Å². The molecule has 0 radical (unpaired) electrons. The molecule has 0 aromatic heterocycles. The zero-order chi connectivity index (χ0) is 8.85. The topological polar surface area (TPSA) is 37.4 Å². The molecule has 0 rings (SSSR count). The lowest BCUT2D eigenvalue weighted by Gasteiger charge is -2.12. The third-order valence-corrected chi connectivity index (χ3v) is 1.37. The average Bonchev–Trinajstić information content (AvgIpc) is 1.98. The van der Waals surface area contributed by atoms with Crippen LogP contribution in [0, 0.1) is 0 Å². The van der Waals surface area contributed by atoms with Gasteiger partial charge in [0.15, 0.2) is 0 Å². The molecule has 0 aromatic rings. The van der Waals surface area contributed by atoms with E-state index in [1.165, 1.54) is 6.08 Å². The zero-order valence-electron chi connectivity index (χ0n) is 5.72.